The van der Waals surface area contributed by atoms with Crippen LogP contribution in [0.25, 0.3) is 0 Å². The highest BCUT2D eigenvalue weighted by Crippen LogP contribution is 2.28. The molecule has 4 heteroatoms. The average molecular weight is 259 g/mol. The average Bonchev–Trinajstić information content (AvgIpc) is 2.20. The van der Waals surface area contributed by atoms with Gasteiger partial charge in [0.2, 0.25) is 0 Å². The predicted molar refractivity (Wildman–Crippen MR) is 66.0 cm³/mol. The van der Waals surface area contributed by atoms with Gasteiger partial charge < -0.3 is 4.74 Å². The number of ether oxygens (including phenoxy) is 1. The summed E-state index contributed by atoms with van der Waals surface area (Å²) in [6, 6.07) is 3.74. The number of halogens is 2. The number of ketones is 1. The van der Waals surface area contributed by atoms with Crippen LogP contribution in [0.2, 0.25) is 5.02 Å². The van der Waals surface area contributed by atoms with Gasteiger partial charge in [-0.25, -0.2) is 4.39 Å². The molecule has 0 spiro atoms. The lowest BCUT2D eigenvalue weighted by atomic mass is 9.84. The molecule has 1 aromatic rings. The van der Waals surface area contributed by atoms with Gasteiger partial charge in [0.25, 0.3) is 0 Å². The topological polar surface area (TPSA) is 26.3 Å². The Balaban J connectivity index is 3.15. The van der Waals surface area contributed by atoms with Crippen LogP contribution in [0.4, 0.5) is 4.39 Å². The van der Waals surface area contributed by atoms with Crippen LogP contribution in [0.3, 0.4) is 0 Å². The zero-order valence-corrected chi connectivity index (χ0v) is 11.1. The number of methoxy groups -OCH3 is 1. The highest BCUT2D eigenvalue weighted by Gasteiger charge is 2.33. The van der Waals surface area contributed by atoms with Crippen LogP contribution in [-0.4, -0.2) is 19.0 Å². The highest BCUT2D eigenvalue weighted by molar-refractivity contribution is 6.34. The van der Waals surface area contributed by atoms with Crippen LogP contribution >= 0.6 is 11.6 Å². The maximum Gasteiger partial charge on any atom is 0.193 e. The number of rotatable bonds is 3. The van der Waals surface area contributed by atoms with Gasteiger partial charge in [0.15, 0.2) is 5.78 Å². The second-order valence-electron chi connectivity index (χ2n) is 4.97. The van der Waals surface area contributed by atoms with Gasteiger partial charge in [0.05, 0.1) is 5.02 Å². The van der Waals surface area contributed by atoms with Gasteiger partial charge in [-0.3, -0.25) is 4.79 Å². The number of Topliss-reactive ketones (excluding diaryl/α,β-unsaturated/α-hetero) is 1. The molecule has 0 saturated heterocycles. The van der Waals surface area contributed by atoms with Crippen LogP contribution in [0.5, 0.6) is 0 Å². The van der Waals surface area contributed by atoms with E-state index in [0.717, 1.165) is 6.07 Å². The molecule has 0 amide bonds. The summed E-state index contributed by atoms with van der Waals surface area (Å²) in [6.45, 7) is 5.64. The van der Waals surface area contributed by atoms with Crippen molar-refractivity contribution in [3.05, 3.63) is 34.6 Å². The van der Waals surface area contributed by atoms with Gasteiger partial charge in [-0.05, 0) is 23.6 Å². The summed E-state index contributed by atoms with van der Waals surface area (Å²) in [5.74, 6) is -0.786. The summed E-state index contributed by atoms with van der Waals surface area (Å²) in [6.07, 6.45) is -0.651. The minimum atomic E-state index is -0.651. The fourth-order valence-corrected chi connectivity index (χ4v) is 1.89. The van der Waals surface area contributed by atoms with Crippen LogP contribution < -0.4 is 0 Å². The van der Waals surface area contributed by atoms with E-state index in [-0.39, 0.29) is 21.8 Å². The third-order valence-corrected chi connectivity index (χ3v) is 2.78. The Bertz CT molecular complexity index is 424. The first kappa shape index (κ1) is 14.1. The minimum absolute atomic E-state index is 0.161. The Morgan fingerprint density at radius 3 is 2.47 bits per heavy atom. The Kier molecular flexibility index (Phi) is 4.28. The molecule has 0 N–H and O–H groups in total. The van der Waals surface area contributed by atoms with Crippen molar-refractivity contribution in [2.45, 2.75) is 26.9 Å². The van der Waals surface area contributed by atoms with Crippen molar-refractivity contribution in [3.63, 3.8) is 0 Å². The van der Waals surface area contributed by atoms with Crippen molar-refractivity contribution in [3.8, 4) is 0 Å². The number of carbonyl (C=O) groups is 1. The molecular formula is C13H16ClFO2. The zero-order chi connectivity index (χ0) is 13.2. The van der Waals surface area contributed by atoms with Crippen molar-refractivity contribution in [1.29, 1.82) is 0 Å². The second kappa shape index (κ2) is 5.15. The number of benzene rings is 1. The summed E-state index contributed by atoms with van der Waals surface area (Å²) in [5, 5.41) is 0.239. The summed E-state index contributed by atoms with van der Waals surface area (Å²) in [4.78, 5) is 12.2. The van der Waals surface area contributed by atoms with Gasteiger partial charge >= 0.3 is 0 Å². The third kappa shape index (κ3) is 3.27. The summed E-state index contributed by atoms with van der Waals surface area (Å²) >= 11 is 5.90. The van der Waals surface area contributed by atoms with E-state index in [4.69, 9.17) is 16.3 Å². The summed E-state index contributed by atoms with van der Waals surface area (Å²) in [5.41, 5.74) is -0.213. The predicted octanol–water partition coefficient (Wildman–Crippen LogP) is 3.72. The van der Waals surface area contributed by atoms with Crippen LogP contribution in [0.1, 0.15) is 31.1 Å². The van der Waals surface area contributed by atoms with E-state index in [1.165, 1.54) is 19.2 Å². The Hall–Kier alpha value is -0.930. The molecule has 0 heterocycles. The van der Waals surface area contributed by atoms with Crippen molar-refractivity contribution in [2.75, 3.05) is 7.11 Å². The Morgan fingerprint density at radius 2 is 2.00 bits per heavy atom. The summed E-state index contributed by atoms with van der Waals surface area (Å²) < 4.78 is 18.3. The molecule has 0 saturated carbocycles. The number of hydrogen-bond donors (Lipinski definition) is 0. The van der Waals surface area contributed by atoms with E-state index in [0.29, 0.717) is 0 Å². The molecule has 0 fully saturated rings. The van der Waals surface area contributed by atoms with Crippen LogP contribution in [0, 0.1) is 11.2 Å². The monoisotopic (exact) mass is 258 g/mol. The lowest BCUT2D eigenvalue weighted by Crippen LogP contribution is -2.36. The minimum Gasteiger partial charge on any atom is -0.373 e. The van der Waals surface area contributed by atoms with E-state index in [2.05, 4.69) is 0 Å². The van der Waals surface area contributed by atoms with Gasteiger partial charge in [-0.1, -0.05) is 32.4 Å². The van der Waals surface area contributed by atoms with Gasteiger partial charge in [0, 0.05) is 12.7 Å². The van der Waals surface area contributed by atoms with Crippen molar-refractivity contribution in [2.24, 2.45) is 5.41 Å². The molecule has 94 valence electrons. The first-order valence-corrected chi connectivity index (χ1v) is 5.67. The molecule has 0 aliphatic rings. The molecule has 0 aliphatic heterocycles. The van der Waals surface area contributed by atoms with E-state index < -0.39 is 11.9 Å². The van der Waals surface area contributed by atoms with Crippen LogP contribution in [-0.2, 0) is 4.74 Å². The smallest absolute Gasteiger partial charge is 0.193 e. The van der Waals surface area contributed by atoms with Crippen molar-refractivity contribution in [1.82, 2.24) is 0 Å². The van der Waals surface area contributed by atoms with Gasteiger partial charge in [-0.2, -0.15) is 0 Å². The van der Waals surface area contributed by atoms with Crippen molar-refractivity contribution >= 4 is 17.4 Å². The zero-order valence-electron chi connectivity index (χ0n) is 10.4. The molecule has 0 radical (unpaired) electrons. The number of hydrogen-bond acceptors (Lipinski definition) is 2. The lowest BCUT2D eigenvalue weighted by molar-refractivity contribution is 0.0195. The molecule has 17 heavy (non-hydrogen) atoms. The molecule has 0 bridgehead atoms. The fourth-order valence-electron chi connectivity index (χ4n) is 1.68. The molecule has 0 aromatic heterocycles. The molecule has 1 rings (SSSR count). The first-order valence-electron chi connectivity index (χ1n) is 5.29. The van der Waals surface area contributed by atoms with E-state index in [1.807, 2.05) is 20.8 Å². The maximum atomic E-state index is 13.1. The first-order chi connectivity index (χ1) is 7.77. The molecule has 1 aromatic carbocycles. The normalized spacial score (nSPS) is 13.5. The molecule has 1 unspecified atom stereocenters. The van der Waals surface area contributed by atoms with E-state index in [1.54, 1.807) is 0 Å². The van der Waals surface area contributed by atoms with Crippen LogP contribution in [0.15, 0.2) is 18.2 Å². The van der Waals surface area contributed by atoms with E-state index >= 15 is 0 Å². The quantitative estimate of drug-likeness (QED) is 0.773. The summed E-state index contributed by atoms with van der Waals surface area (Å²) in [7, 11) is 1.46. The standard InChI is InChI=1S/C13H16ClFO2/c1-13(2,3)12(17-4)11(16)9-7-8(15)5-6-10(9)14/h5-7,12H,1-4H3. The van der Waals surface area contributed by atoms with E-state index in [9.17, 15) is 9.18 Å². The Morgan fingerprint density at radius 1 is 1.41 bits per heavy atom. The highest BCUT2D eigenvalue weighted by atomic mass is 35.5. The van der Waals surface area contributed by atoms with Crippen molar-refractivity contribution < 1.29 is 13.9 Å². The molecular weight excluding hydrogens is 243 g/mol. The molecule has 2 nitrogen and oxygen atoms in total. The third-order valence-electron chi connectivity index (χ3n) is 2.45. The maximum absolute atomic E-state index is 13.1. The SMILES string of the molecule is COC(C(=O)c1cc(F)ccc1Cl)C(C)(C)C. The fraction of sp³-hybridized carbons (Fsp3) is 0.462. The molecule has 0 aliphatic carbocycles. The Labute approximate surface area is 106 Å². The second-order valence-corrected chi connectivity index (χ2v) is 5.38. The van der Waals surface area contributed by atoms with Gasteiger partial charge in [0.1, 0.15) is 11.9 Å². The lowest BCUT2D eigenvalue weighted by Gasteiger charge is -2.28. The molecule has 1 atom stereocenters. The largest absolute Gasteiger partial charge is 0.373 e. The van der Waals surface area contributed by atoms with Gasteiger partial charge in [-0.15, -0.1) is 0 Å². The number of carbonyl (C=O) groups excluding carboxylic acids is 1.